The SMILES string of the molecule is NCCc1cn(CCCC2CCCO2)c2ccccc12. The van der Waals surface area contributed by atoms with E-state index in [1.807, 2.05) is 0 Å². The van der Waals surface area contributed by atoms with Crippen molar-refractivity contribution in [1.82, 2.24) is 4.57 Å². The molecule has 1 aliphatic rings. The number of hydrogen-bond acceptors (Lipinski definition) is 2. The van der Waals surface area contributed by atoms with Crippen molar-refractivity contribution in [1.29, 1.82) is 0 Å². The highest BCUT2D eigenvalue weighted by molar-refractivity contribution is 5.84. The summed E-state index contributed by atoms with van der Waals surface area (Å²) in [5, 5.41) is 1.36. The highest BCUT2D eigenvalue weighted by Gasteiger charge is 2.15. The van der Waals surface area contributed by atoms with E-state index in [0.29, 0.717) is 12.6 Å². The lowest BCUT2D eigenvalue weighted by Gasteiger charge is -2.10. The molecule has 2 aromatic rings. The van der Waals surface area contributed by atoms with Gasteiger partial charge < -0.3 is 15.0 Å². The molecule has 20 heavy (non-hydrogen) atoms. The maximum Gasteiger partial charge on any atom is 0.0576 e. The van der Waals surface area contributed by atoms with Gasteiger partial charge in [-0.2, -0.15) is 0 Å². The lowest BCUT2D eigenvalue weighted by molar-refractivity contribution is 0.101. The van der Waals surface area contributed by atoms with Gasteiger partial charge in [0.25, 0.3) is 0 Å². The van der Waals surface area contributed by atoms with Gasteiger partial charge in [0, 0.05) is 30.3 Å². The maximum atomic E-state index is 5.72. The van der Waals surface area contributed by atoms with Crippen LogP contribution in [-0.2, 0) is 17.7 Å². The minimum absolute atomic E-state index is 0.500. The highest BCUT2D eigenvalue weighted by Crippen LogP contribution is 2.23. The van der Waals surface area contributed by atoms with Gasteiger partial charge in [-0.3, -0.25) is 0 Å². The quantitative estimate of drug-likeness (QED) is 0.877. The van der Waals surface area contributed by atoms with Gasteiger partial charge in [-0.25, -0.2) is 0 Å². The summed E-state index contributed by atoms with van der Waals surface area (Å²) < 4.78 is 8.08. The van der Waals surface area contributed by atoms with Gasteiger partial charge in [0.05, 0.1) is 6.10 Å². The zero-order valence-electron chi connectivity index (χ0n) is 12.1. The first kappa shape index (κ1) is 13.7. The molecule has 1 aromatic heterocycles. The van der Waals surface area contributed by atoms with Crippen LogP contribution in [0.2, 0.25) is 0 Å². The zero-order chi connectivity index (χ0) is 13.8. The summed E-state index contributed by atoms with van der Waals surface area (Å²) in [5.41, 5.74) is 8.43. The average Bonchev–Trinajstić information content (AvgIpc) is 3.09. The van der Waals surface area contributed by atoms with Gasteiger partial charge in [-0.1, -0.05) is 18.2 Å². The number of nitrogens with zero attached hydrogens (tertiary/aromatic N) is 1. The molecule has 0 saturated carbocycles. The molecule has 1 aliphatic heterocycles. The van der Waals surface area contributed by atoms with Gasteiger partial charge in [-0.05, 0) is 50.3 Å². The van der Waals surface area contributed by atoms with E-state index in [-0.39, 0.29) is 0 Å². The van der Waals surface area contributed by atoms with E-state index in [0.717, 1.165) is 19.6 Å². The molecular formula is C17H24N2O. The van der Waals surface area contributed by atoms with E-state index in [1.165, 1.54) is 42.1 Å². The summed E-state index contributed by atoms with van der Waals surface area (Å²) in [4.78, 5) is 0. The molecule has 108 valence electrons. The number of benzene rings is 1. The molecule has 2 heterocycles. The molecule has 1 unspecified atom stereocenters. The number of nitrogens with two attached hydrogens (primary N) is 1. The first-order valence-corrected chi connectivity index (χ1v) is 7.77. The van der Waals surface area contributed by atoms with Crippen LogP contribution >= 0.6 is 0 Å². The predicted octanol–water partition coefficient (Wildman–Crippen LogP) is 3.10. The molecule has 0 radical (unpaired) electrons. The molecule has 1 saturated heterocycles. The summed E-state index contributed by atoms with van der Waals surface area (Å²) in [6.45, 7) is 2.74. The number of aryl methyl sites for hydroxylation is 1. The number of hydrogen-bond donors (Lipinski definition) is 1. The second kappa shape index (κ2) is 6.42. The second-order valence-corrected chi connectivity index (χ2v) is 5.68. The van der Waals surface area contributed by atoms with E-state index in [9.17, 15) is 0 Å². The van der Waals surface area contributed by atoms with E-state index in [2.05, 4.69) is 35.0 Å². The van der Waals surface area contributed by atoms with Crippen molar-refractivity contribution >= 4 is 10.9 Å². The minimum Gasteiger partial charge on any atom is -0.378 e. The third-order valence-corrected chi connectivity index (χ3v) is 4.23. The Morgan fingerprint density at radius 2 is 2.20 bits per heavy atom. The molecule has 1 fully saturated rings. The first-order valence-electron chi connectivity index (χ1n) is 7.77. The smallest absolute Gasteiger partial charge is 0.0576 e. The van der Waals surface area contributed by atoms with E-state index < -0.39 is 0 Å². The molecule has 1 atom stereocenters. The largest absolute Gasteiger partial charge is 0.378 e. The standard InChI is InChI=1S/C17H24N2O/c18-10-9-14-13-19(17-8-2-1-7-16(14)17)11-3-5-15-6-4-12-20-15/h1-2,7-8,13,15H,3-6,9-12,18H2. The van der Waals surface area contributed by atoms with Gasteiger partial charge in [-0.15, -0.1) is 0 Å². The fraction of sp³-hybridized carbons (Fsp3) is 0.529. The molecule has 0 bridgehead atoms. The monoisotopic (exact) mass is 272 g/mol. The van der Waals surface area contributed by atoms with Crippen LogP contribution in [0.25, 0.3) is 10.9 Å². The first-order chi connectivity index (χ1) is 9.88. The van der Waals surface area contributed by atoms with Crippen molar-refractivity contribution < 1.29 is 4.74 Å². The van der Waals surface area contributed by atoms with Crippen molar-refractivity contribution in [3.63, 3.8) is 0 Å². The van der Waals surface area contributed by atoms with Crippen LogP contribution in [0, 0.1) is 0 Å². The Morgan fingerprint density at radius 3 is 3.00 bits per heavy atom. The lowest BCUT2D eigenvalue weighted by atomic mass is 10.1. The minimum atomic E-state index is 0.500. The maximum absolute atomic E-state index is 5.72. The number of rotatable bonds is 6. The van der Waals surface area contributed by atoms with Crippen molar-refractivity contribution in [2.75, 3.05) is 13.2 Å². The van der Waals surface area contributed by atoms with E-state index in [1.54, 1.807) is 0 Å². The van der Waals surface area contributed by atoms with Crippen LogP contribution < -0.4 is 5.73 Å². The highest BCUT2D eigenvalue weighted by atomic mass is 16.5. The summed E-state index contributed by atoms with van der Waals surface area (Å²) in [6, 6.07) is 8.64. The van der Waals surface area contributed by atoms with Crippen LogP contribution in [0.3, 0.4) is 0 Å². The average molecular weight is 272 g/mol. The van der Waals surface area contributed by atoms with E-state index >= 15 is 0 Å². The van der Waals surface area contributed by atoms with Crippen molar-refractivity contribution in [3.05, 3.63) is 36.0 Å². The normalized spacial score (nSPS) is 18.9. The Labute approximate surface area is 120 Å². The van der Waals surface area contributed by atoms with E-state index in [4.69, 9.17) is 10.5 Å². The van der Waals surface area contributed by atoms with Gasteiger partial charge in [0.15, 0.2) is 0 Å². The Kier molecular flexibility index (Phi) is 4.38. The van der Waals surface area contributed by atoms with Crippen molar-refractivity contribution in [2.24, 2.45) is 5.73 Å². The van der Waals surface area contributed by atoms with Crippen LogP contribution in [0.5, 0.6) is 0 Å². The molecule has 3 rings (SSSR count). The van der Waals surface area contributed by atoms with Crippen molar-refractivity contribution in [2.45, 2.75) is 44.8 Å². The Bertz CT molecular complexity index is 555. The van der Waals surface area contributed by atoms with Gasteiger partial charge >= 0.3 is 0 Å². The summed E-state index contributed by atoms with van der Waals surface area (Å²) in [6.07, 6.45) is 8.58. The predicted molar refractivity (Wildman–Crippen MR) is 82.9 cm³/mol. The molecule has 3 nitrogen and oxygen atoms in total. The van der Waals surface area contributed by atoms with Gasteiger partial charge in [0.2, 0.25) is 0 Å². The molecule has 1 aromatic carbocycles. The number of ether oxygens (including phenoxy) is 1. The number of para-hydroxylation sites is 1. The molecule has 0 aliphatic carbocycles. The zero-order valence-corrected chi connectivity index (χ0v) is 12.1. The van der Waals surface area contributed by atoms with Crippen LogP contribution in [-0.4, -0.2) is 23.8 Å². The number of fused-ring (bicyclic) bond motifs is 1. The van der Waals surface area contributed by atoms with Crippen LogP contribution in [0.4, 0.5) is 0 Å². The number of aromatic nitrogens is 1. The molecule has 0 amide bonds. The van der Waals surface area contributed by atoms with Gasteiger partial charge in [0.1, 0.15) is 0 Å². The van der Waals surface area contributed by atoms with Crippen molar-refractivity contribution in [3.8, 4) is 0 Å². The third kappa shape index (κ3) is 2.89. The Balaban J connectivity index is 1.70. The fourth-order valence-corrected chi connectivity index (χ4v) is 3.22. The molecular weight excluding hydrogens is 248 g/mol. The Morgan fingerprint density at radius 1 is 1.30 bits per heavy atom. The summed E-state index contributed by atoms with van der Waals surface area (Å²) in [5.74, 6) is 0. The topological polar surface area (TPSA) is 40.2 Å². The molecule has 0 spiro atoms. The second-order valence-electron chi connectivity index (χ2n) is 5.68. The third-order valence-electron chi connectivity index (χ3n) is 4.23. The summed E-state index contributed by atoms with van der Waals surface area (Å²) >= 11 is 0. The van der Waals surface area contributed by atoms with Crippen LogP contribution in [0.15, 0.2) is 30.5 Å². The van der Waals surface area contributed by atoms with Crippen LogP contribution in [0.1, 0.15) is 31.2 Å². The molecule has 3 heteroatoms. The lowest BCUT2D eigenvalue weighted by Crippen LogP contribution is -2.07. The fourth-order valence-electron chi connectivity index (χ4n) is 3.22. The summed E-state index contributed by atoms with van der Waals surface area (Å²) in [7, 11) is 0. The Hall–Kier alpha value is -1.32. The molecule has 2 N–H and O–H groups in total.